The highest BCUT2D eigenvalue weighted by molar-refractivity contribution is 5.22. The monoisotopic (exact) mass is 239 g/mol. The van der Waals surface area contributed by atoms with Crippen molar-refractivity contribution in [3.8, 4) is 0 Å². The van der Waals surface area contributed by atoms with E-state index in [2.05, 4.69) is 0 Å². The molecule has 2 bridgehead atoms. The zero-order valence-corrected chi connectivity index (χ0v) is 9.40. The lowest BCUT2D eigenvalue weighted by atomic mass is 9.81. The van der Waals surface area contributed by atoms with Crippen LogP contribution in [0.2, 0.25) is 0 Å². The van der Waals surface area contributed by atoms with Crippen LogP contribution >= 0.6 is 0 Å². The van der Waals surface area contributed by atoms with Crippen molar-refractivity contribution in [2.75, 3.05) is 0 Å². The molecule has 0 aromatic heterocycles. The molecule has 2 fully saturated rings. The minimum absolute atomic E-state index is 0.168. The van der Waals surface area contributed by atoms with Gasteiger partial charge in [0.25, 0.3) is 0 Å². The van der Waals surface area contributed by atoms with Crippen LogP contribution in [0.5, 0.6) is 0 Å². The molecule has 4 heteroatoms. The van der Waals surface area contributed by atoms with Crippen LogP contribution in [0.4, 0.5) is 8.78 Å². The molecule has 2 heterocycles. The summed E-state index contributed by atoms with van der Waals surface area (Å²) in [5.74, 6) is -0.950. The van der Waals surface area contributed by atoms with Crippen molar-refractivity contribution in [1.29, 1.82) is 0 Å². The summed E-state index contributed by atoms with van der Waals surface area (Å²) < 4.78 is 32.0. The maximum Gasteiger partial charge on any atom is 0.126 e. The Kier molecular flexibility index (Phi) is 2.64. The van der Waals surface area contributed by atoms with Crippen molar-refractivity contribution in [3.05, 3.63) is 35.4 Å². The van der Waals surface area contributed by atoms with Crippen molar-refractivity contribution in [1.82, 2.24) is 0 Å². The minimum Gasteiger partial charge on any atom is -0.375 e. The normalized spacial score (nSPS) is 33.0. The molecule has 0 spiro atoms. The van der Waals surface area contributed by atoms with Crippen LogP contribution < -0.4 is 5.73 Å². The van der Waals surface area contributed by atoms with Crippen molar-refractivity contribution in [2.24, 2.45) is 11.7 Å². The quantitative estimate of drug-likeness (QED) is 0.860. The van der Waals surface area contributed by atoms with Gasteiger partial charge < -0.3 is 10.5 Å². The molecule has 2 aliphatic heterocycles. The van der Waals surface area contributed by atoms with Gasteiger partial charge in [0.05, 0.1) is 12.2 Å². The van der Waals surface area contributed by atoms with Crippen LogP contribution in [0, 0.1) is 17.6 Å². The molecule has 2 saturated heterocycles. The fraction of sp³-hybridized carbons (Fsp3) is 0.538. The van der Waals surface area contributed by atoms with Gasteiger partial charge in [-0.2, -0.15) is 0 Å². The third kappa shape index (κ3) is 1.96. The zero-order valence-electron chi connectivity index (χ0n) is 9.40. The summed E-state index contributed by atoms with van der Waals surface area (Å²) in [5.41, 5.74) is 6.64. The fourth-order valence-electron chi connectivity index (χ4n) is 3.07. The predicted octanol–water partition coefficient (Wildman–Crippen LogP) is 2.53. The lowest BCUT2D eigenvalue weighted by Crippen LogP contribution is -2.29. The Hall–Kier alpha value is -1.00. The van der Waals surface area contributed by atoms with Gasteiger partial charge in [-0.05, 0) is 37.0 Å². The van der Waals surface area contributed by atoms with E-state index in [0.717, 1.165) is 25.3 Å². The second-order valence-corrected chi connectivity index (χ2v) is 5.00. The third-order valence-electron chi connectivity index (χ3n) is 3.88. The van der Waals surface area contributed by atoms with Crippen LogP contribution in [0.1, 0.15) is 30.9 Å². The summed E-state index contributed by atoms with van der Waals surface area (Å²) in [7, 11) is 0. The lowest BCUT2D eigenvalue weighted by Gasteiger charge is -2.25. The van der Waals surface area contributed by atoms with Gasteiger partial charge in [0.2, 0.25) is 0 Å². The summed E-state index contributed by atoms with van der Waals surface area (Å²) in [6.07, 6.45) is 3.48. The number of hydrogen-bond acceptors (Lipinski definition) is 2. The van der Waals surface area contributed by atoms with Crippen LogP contribution in [0.15, 0.2) is 18.2 Å². The Balaban J connectivity index is 1.83. The molecule has 4 atom stereocenters. The summed E-state index contributed by atoms with van der Waals surface area (Å²) in [5, 5.41) is 0. The molecule has 0 saturated carbocycles. The SMILES string of the molecule is NC(c1cc(F)cc(F)c1)C1CC2CCC1O2. The van der Waals surface area contributed by atoms with Crippen LogP contribution in [0.25, 0.3) is 0 Å². The van der Waals surface area contributed by atoms with E-state index >= 15 is 0 Å². The average molecular weight is 239 g/mol. The van der Waals surface area contributed by atoms with Gasteiger partial charge in [-0.3, -0.25) is 0 Å². The molecular weight excluding hydrogens is 224 g/mol. The van der Waals surface area contributed by atoms with E-state index in [-0.39, 0.29) is 18.1 Å². The molecule has 2 aliphatic rings. The number of benzene rings is 1. The van der Waals surface area contributed by atoms with Gasteiger partial charge in [-0.15, -0.1) is 0 Å². The highest BCUT2D eigenvalue weighted by Gasteiger charge is 2.43. The second kappa shape index (κ2) is 4.03. The summed E-state index contributed by atoms with van der Waals surface area (Å²) in [4.78, 5) is 0. The maximum absolute atomic E-state index is 13.1. The molecule has 0 amide bonds. The van der Waals surface area contributed by atoms with Gasteiger partial charge in [-0.1, -0.05) is 0 Å². The number of ether oxygens (including phenoxy) is 1. The van der Waals surface area contributed by atoms with Crippen molar-refractivity contribution >= 4 is 0 Å². The molecule has 1 aromatic carbocycles. The van der Waals surface area contributed by atoms with E-state index in [1.165, 1.54) is 12.1 Å². The topological polar surface area (TPSA) is 35.2 Å². The number of rotatable bonds is 2. The largest absolute Gasteiger partial charge is 0.375 e. The molecule has 17 heavy (non-hydrogen) atoms. The van der Waals surface area contributed by atoms with E-state index in [0.29, 0.717) is 11.7 Å². The van der Waals surface area contributed by atoms with Crippen LogP contribution in [0.3, 0.4) is 0 Å². The summed E-state index contributed by atoms with van der Waals surface area (Å²) in [6.45, 7) is 0. The van der Waals surface area contributed by atoms with E-state index in [1.807, 2.05) is 0 Å². The Morgan fingerprint density at radius 1 is 1.18 bits per heavy atom. The van der Waals surface area contributed by atoms with Gasteiger partial charge in [0.1, 0.15) is 11.6 Å². The average Bonchev–Trinajstić information content (AvgIpc) is 2.88. The van der Waals surface area contributed by atoms with Crippen LogP contribution in [-0.4, -0.2) is 12.2 Å². The Morgan fingerprint density at radius 2 is 1.88 bits per heavy atom. The van der Waals surface area contributed by atoms with Gasteiger partial charge in [0, 0.05) is 18.0 Å². The fourth-order valence-corrected chi connectivity index (χ4v) is 3.07. The highest BCUT2D eigenvalue weighted by Crippen LogP contribution is 2.43. The first-order valence-electron chi connectivity index (χ1n) is 6.00. The molecule has 1 aromatic rings. The molecule has 2 nitrogen and oxygen atoms in total. The smallest absolute Gasteiger partial charge is 0.126 e. The Labute approximate surface area is 98.8 Å². The standard InChI is InChI=1S/C13H15F2NO/c14-8-3-7(4-9(15)5-8)13(16)11-6-10-1-2-12(11)17-10/h3-5,10-13H,1-2,6,16H2. The third-order valence-corrected chi connectivity index (χ3v) is 3.88. The van der Waals surface area contributed by atoms with Crippen molar-refractivity contribution < 1.29 is 13.5 Å². The van der Waals surface area contributed by atoms with Gasteiger partial charge in [0.15, 0.2) is 0 Å². The highest BCUT2D eigenvalue weighted by atomic mass is 19.1. The molecule has 3 rings (SSSR count). The van der Waals surface area contributed by atoms with Crippen LogP contribution in [-0.2, 0) is 4.74 Å². The molecular formula is C13H15F2NO. The number of nitrogens with two attached hydrogens (primary N) is 1. The van der Waals surface area contributed by atoms with E-state index < -0.39 is 11.6 Å². The minimum atomic E-state index is -0.570. The number of hydrogen-bond donors (Lipinski definition) is 1. The van der Waals surface area contributed by atoms with E-state index in [4.69, 9.17) is 10.5 Å². The number of fused-ring (bicyclic) bond motifs is 2. The number of halogens is 2. The first kappa shape index (κ1) is 11.1. The molecule has 4 unspecified atom stereocenters. The Bertz CT molecular complexity index is 417. The van der Waals surface area contributed by atoms with E-state index in [1.54, 1.807) is 0 Å². The second-order valence-electron chi connectivity index (χ2n) is 5.00. The predicted molar refractivity (Wildman–Crippen MR) is 59.3 cm³/mol. The van der Waals surface area contributed by atoms with Gasteiger partial charge >= 0.3 is 0 Å². The van der Waals surface area contributed by atoms with Gasteiger partial charge in [-0.25, -0.2) is 8.78 Å². The molecule has 2 N–H and O–H groups in total. The first-order valence-corrected chi connectivity index (χ1v) is 6.00. The summed E-state index contributed by atoms with van der Waals surface area (Å²) in [6, 6.07) is 3.17. The van der Waals surface area contributed by atoms with Crippen molar-refractivity contribution in [2.45, 2.75) is 37.5 Å². The zero-order chi connectivity index (χ0) is 12.0. The molecule has 0 radical (unpaired) electrons. The molecule has 0 aliphatic carbocycles. The summed E-state index contributed by atoms with van der Waals surface area (Å²) >= 11 is 0. The maximum atomic E-state index is 13.1. The lowest BCUT2D eigenvalue weighted by molar-refractivity contribution is 0.0884. The Morgan fingerprint density at radius 3 is 2.41 bits per heavy atom. The molecule has 92 valence electrons. The first-order chi connectivity index (χ1) is 8.13. The van der Waals surface area contributed by atoms with E-state index in [9.17, 15) is 8.78 Å². The van der Waals surface area contributed by atoms with Crippen molar-refractivity contribution in [3.63, 3.8) is 0 Å².